The molecule has 2 unspecified atom stereocenters. The Morgan fingerprint density at radius 2 is 1.88 bits per heavy atom. The van der Waals surface area contributed by atoms with E-state index in [4.69, 9.17) is 4.74 Å². The molecule has 0 aromatic heterocycles. The molecule has 0 spiro atoms. The molecule has 0 amide bonds. The summed E-state index contributed by atoms with van der Waals surface area (Å²) in [5, 5.41) is 3.20. The van der Waals surface area contributed by atoms with Crippen LogP contribution in [0.5, 0.6) is 0 Å². The van der Waals surface area contributed by atoms with Crippen LogP contribution in [0.2, 0.25) is 0 Å². The Hall–Kier alpha value is -0.130. The molecule has 0 aliphatic carbocycles. The Kier molecular flexibility index (Phi) is 7.19. The molecule has 0 saturated heterocycles. The Balaban J connectivity index is 4.19. The zero-order valence-electron chi connectivity index (χ0n) is 11.0. The molecule has 0 fully saturated rings. The van der Waals surface area contributed by atoms with E-state index >= 15 is 0 Å². The van der Waals surface area contributed by atoms with Gasteiger partial charge in [0.1, 0.15) is 9.84 Å². The SMILES string of the molecule is CNC(CCCS(C)(=O)=O)C(OC)C(C)C. The molecule has 0 bridgehead atoms. The van der Waals surface area contributed by atoms with Gasteiger partial charge in [-0.05, 0) is 25.8 Å². The number of likely N-dealkylation sites (N-methyl/N-ethyl adjacent to an activating group) is 1. The largest absolute Gasteiger partial charge is 0.380 e. The second-order valence-corrected chi connectivity index (χ2v) is 6.87. The number of sulfone groups is 1. The molecule has 5 heteroatoms. The molecule has 0 radical (unpaired) electrons. The predicted octanol–water partition coefficient (Wildman–Crippen LogP) is 1.07. The Bertz CT molecular complexity index is 275. The Labute approximate surface area is 99.7 Å². The lowest BCUT2D eigenvalue weighted by Crippen LogP contribution is -2.42. The second-order valence-electron chi connectivity index (χ2n) is 4.61. The molecule has 0 rings (SSSR count). The molecular formula is C11H25NO3S. The van der Waals surface area contributed by atoms with Crippen molar-refractivity contribution in [1.82, 2.24) is 5.32 Å². The Morgan fingerprint density at radius 1 is 1.31 bits per heavy atom. The summed E-state index contributed by atoms with van der Waals surface area (Å²) in [5.74, 6) is 0.667. The quantitative estimate of drug-likeness (QED) is 0.701. The van der Waals surface area contributed by atoms with Crippen LogP contribution in [0, 0.1) is 5.92 Å². The van der Waals surface area contributed by atoms with Crippen molar-refractivity contribution in [2.45, 2.75) is 38.8 Å². The van der Waals surface area contributed by atoms with Crippen molar-refractivity contribution in [1.29, 1.82) is 0 Å². The fourth-order valence-electron chi connectivity index (χ4n) is 1.94. The van der Waals surface area contributed by atoms with E-state index in [2.05, 4.69) is 19.2 Å². The summed E-state index contributed by atoms with van der Waals surface area (Å²) in [6, 6.07) is 0.215. The number of hydrogen-bond donors (Lipinski definition) is 1. The van der Waals surface area contributed by atoms with E-state index in [1.54, 1.807) is 7.11 Å². The average Bonchev–Trinajstić information content (AvgIpc) is 2.14. The summed E-state index contributed by atoms with van der Waals surface area (Å²) in [5.41, 5.74) is 0. The van der Waals surface area contributed by atoms with Crippen LogP contribution in [0.3, 0.4) is 0 Å². The van der Waals surface area contributed by atoms with E-state index in [0.29, 0.717) is 12.3 Å². The molecule has 0 aromatic rings. The third-order valence-electron chi connectivity index (χ3n) is 2.73. The third kappa shape index (κ3) is 6.45. The normalized spacial score (nSPS) is 16.4. The van der Waals surface area contributed by atoms with E-state index in [1.165, 1.54) is 6.26 Å². The van der Waals surface area contributed by atoms with Crippen molar-refractivity contribution in [3.05, 3.63) is 0 Å². The van der Waals surface area contributed by atoms with Crippen molar-refractivity contribution in [2.24, 2.45) is 5.92 Å². The molecule has 16 heavy (non-hydrogen) atoms. The molecule has 1 N–H and O–H groups in total. The Morgan fingerprint density at radius 3 is 2.19 bits per heavy atom. The van der Waals surface area contributed by atoms with Crippen molar-refractivity contribution in [2.75, 3.05) is 26.2 Å². The first-order valence-corrected chi connectivity index (χ1v) is 7.75. The van der Waals surface area contributed by atoms with Gasteiger partial charge < -0.3 is 10.1 Å². The van der Waals surface area contributed by atoms with Gasteiger partial charge in [0.15, 0.2) is 0 Å². The lowest BCUT2D eigenvalue weighted by Gasteiger charge is -2.28. The topological polar surface area (TPSA) is 55.4 Å². The minimum Gasteiger partial charge on any atom is -0.380 e. The highest BCUT2D eigenvalue weighted by molar-refractivity contribution is 7.90. The molecule has 0 heterocycles. The van der Waals surface area contributed by atoms with E-state index in [1.807, 2.05) is 7.05 Å². The molecule has 0 aliphatic rings. The van der Waals surface area contributed by atoms with Gasteiger partial charge in [0, 0.05) is 25.2 Å². The standard InChI is InChI=1S/C11H25NO3S/c1-9(2)11(15-4)10(12-3)7-6-8-16(5,13)14/h9-12H,6-8H2,1-5H3. The summed E-state index contributed by atoms with van der Waals surface area (Å²) >= 11 is 0. The third-order valence-corrected chi connectivity index (χ3v) is 3.76. The van der Waals surface area contributed by atoms with Gasteiger partial charge in [-0.2, -0.15) is 0 Å². The number of nitrogens with one attached hydrogen (secondary N) is 1. The first-order chi connectivity index (χ1) is 7.31. The summed E-state index contributed by atoms with van der Waals surface area (Å²) < 4.78 is 27.5. The molecular weight excluding hydrogens is 226 g/mol. The maximum Gasteiger partial charge on any atom is 0.147 e. The van der Waals surface area contributed by atoms with Gasteiger partial charge in [0.05, 0.1) is 6.10 Å². The smallest absolute Gasteiger partial charge is 0.147 e. The maximum absolute atomic E-state index is 11.0. The average molecular weight is 251 g/mol. The molecule has 0 aliphatic heterocycles. The van der Waals surface area contributed by atoms with Crippen LogP contribution in [0.1, 0.15) is 26.7 Å². The fourth-order valence-corrected chi connectivity index (χ4v) is 2.63. The summed E-state index contributed by atoms with van der Waals surface area (Å²) in [7, 11) is 0.739. The highest BCUT2D eigenvalue weighted by atomic mass is 32.2. The van der Waals surface area contributed by atoms with Crippen LogP contribution in [0.25, 0.3) is 0 Å². The molecule has 4 nitrogen and oxygen atoms in total. The predicted molar refractivity (Wildman–Crippen MR) is 67.4 cm³/mol. The molecule has 0 saturated carbocycles. The van der Waals surface area contributed by atoms with Crippen LogP contribution in [0.4, 0.5) is 0 Å². The van der Waals surface area contributed by atoms with Crippen LogP contribution in [-0.4, -0.2) is 46.7 Å². The van der Waals surface area contributed by atoms with Crippen LogP contribution < -0.4 is 5.32 Å². The first-order valence-electron chi connectivity index (χ1n) is 5.69. The van der Waals surface area contributed by atoms with E-state index in [0.717, 1.165) is 6.42 Å². The van der Waals surface area contributed by atoms with Gasteiger partial charge in [-0.15, -0.1) is 0 Å². The molecule has 2 atom stereocenters. The van der Waals surface area contributed by atoms with Crippen molar-refractivity contribution < 1.29 is 13.2 Å². The summed E-state index contributed by atoms with van der Waals surface area (Å²) in [6.45, 7) is 4.21. The zero-order chi connectivity index (χ0) is 12.8. The summed E-state index contributed by atoms with van der Waals surface area (Å²) in [6.07, 6.45) is 2.90. The minimum atomic E-state index is -2.85. The van der Waals surface area contributed by atoms with Crippen molar-refractivity contribution in [3.8, 4) is 0 Å². The number of ether oxygens (including phenoxy) is 1. The van der Waals surface area contributed by atoms with Gasteiger partial charge in [-0.25, -0.2) is 8.42 Å². The van der Waals surface area contributed by atoms with Gasteiger partial charge in [-0.3, -0.25) is 0 Å². The van der Waals surface area contributed by atoms with Crippen molar-refractivity contribution >= 4 is 9.84 Å². The molecule has 0 aromatic carbocycles. The van der Waals surface area contributed by atoms with Crippen LogP contribution in [0.15, 0.2) is 0 Å². The van der Waals surface area contributed by atoms with Gasteiger partial charge in [0.2, 0.25) is 0 Å². The lowest BCUT2D eigenvalue weighted by atomic mass is 9.96. The second kappa shape index (κ2) is 7.25. The first kappa shape index (κ1) is 15.9. The highest BCUT2D eigenvalue weighted by Crippen LogP contribution is 2.14. The van der Waals surface area contributed by atoms with E-state index in [-0.39, 0.29) is 17.9 Å². The number of hydrogen-bond acceptors (Lipinski definition) is 4. The highest BCUT2D eigenvalue weighted by Gasteiger charge is 2.22. The monoisotopic (exact) mass is 251 g/mol. The van der Waals surface area contributed by atoms with Gasteiger partial charge in [0.25, 0.3) is 0 Å². The molecule has 98 valence electrons. The number of methoxy groups -OCH3 is 1. The zero-order valence-corrected chi connectivity index (χ0v) is 11.8. The van der Waals surface area contributed by atoms with Crippen LogP contribution in [-0.2, 0) is 14.6 Å². The van der Waals surface area contributed by atoms with Gasteiger partial charge in [-0.1, -0.05) is 13.8 Å². The van der Waals surface area contributed by atoms with Gasteiger partial charge >= 0.3 is 0 Å². The van der Waals surface area contributed by atoms with E-state index < -0.39 is 9.84 Å². The van der Waals surface area contributed by atoms with Crippen LogP contribution >= 0.6 is 0 Å². The summed E-state index contributed by atoms with van der Waals surface area (Å²) in [4.78, 5) is 0. The van der Waals surface area contributed by atoms with Crippen molar-refractivity contribution in [3.63, 3.8) is 0 Å². The van der Waals surface area contributed by atoms with E-state index in [9.17, 15) is 8.42 Å². The lowest BCUT2D eigenvalue weighted by molar-refractivity contribution is 0.0327. The minimum absolute atomic E-state index is 0.129. The maximum atomic E-state index is 11.0. The fraction of sp³-hybridized carbons (Fsp3) is 1.00. The number of rotatable bonds is 8.